The maximum Gasteiger partial charge on any atom is 0.158 e. The largest absolute Gasteiger partial charge is 0.337 e. The van der Waals surface area contributed by atoms with Crippen LogP contribution in [0, 0.1) is 9.87 Å². The van der Waals surface area contributed by atoms with E-state index >= 15 is 0 Å². The van der Waals surface area contributed by atoms with E-state index in [1.54, 1.807) is 11.3 Å². The molecule has 1 aromatic heterocycles. The summed E-state index contributed by atoms with van der Waals surface area (Å²) in [7, 11) is 0. The van der Waals surface area contributed by atoms with E-state index in [-0.39, 0.29) is 0 Å². The lowest BCUT2D eigenvalue weighted by molar-refractivity contribution is 0.647. The molecule has 1 aromatic carbocycles. The van der Waals surface area contributed by atoms with Gasteiger partial charge < -0.3 is 4.98 Å². The Hall–Kier alpha value is -0.930. The molecule has 1 nitrogen and oxygen atoms in total. The van der Waals surface area contributed by atoms with Gasteiger partial charge in [-0.05, 0) is 35.7 Å². The zero-order valence-electron chi connectivity index (χ0n) is 9.49. The number of H-pyrrole nitrogens is 1. The molecule has 0 atom stereocenters. The molecule has 2 rings (SSSR count). The highest BCUT2D eigenvalue weighted by Gasteiger charge is 2.01. The van der Waals surface area contributed by atoms with Crippen molar-refractivity contribution in [3.63, 3.8) is 0 Å². The summed E-state index contributed by atoms with van der Waals surface area (Å²) >= 11 is 6.65. The van der Waals surface area contributed by atoms with Crippen LogP contribution in [-0.2, 0) is 6.42 Å². The van der Waals surface area contributed by atoms with Gasteiger partial charge in [0.25, 0.3) is 0 Å². The van der Waals surface area contributed by atoms with Crippen LogP contribution in [0.2, 0.25) is 0 Å². The van der Waals surface area contributed by atoms with Crippen LogP contribution in [-0.4, -0.2) is 4.98 Å². The molecular formula is C13H15NS2. The zero-order chi connectivity index (χ0) is 11.5. The lowest BCUT2D eigenvalue weighted by Gasteiger charge is -2.05. The van der Waals surface area contributed by atoms with E-state index in [0.29, 0.717) is 5.92 Å². The van der Waals surface area contributed by atoms with Crippen LogP contribution in [0.5, 0.6) is 0 Å². The van der Waals surface area contributed by atoms with Crippen molar-refractivity contribution in [3.05, 3.63) is 39.2 Å². The van der Waals surface area contributed by atoms with Crippen molar-refractivity contribution in [1.29, 1.82) is 0 Å². The zero-order valence-corrected chi connectivity index (χ0v) is 11.1. The van der Waals surface area contributed by atoms with Crippen molar-refractivity contribution >= 4 is 23.6 Å². The van der Waals surface area contributed by atoms with Gasteiger partial charge in [0, 0.05) is 5.38 Å². The summed E-state index contributed by atoms with van der Waals surface area (Å²) in [5.41, 5.74) is 3.72. The SMILES string of the molecule is CC(C)Cc1ccc(-c2csc(=S)[nH]2)cc1. The maximum absolute atomic E-state index is 5.08. The molecule has 84 valence electrons. The first kappa shape index (κ1) is 11.6. The third-order valence-electron chi connectivity index (χ3n) is 2.43. The number of thiazole rings is 1. The molecule has 0 fully saturated rings. The van der Waals surface area contributed by atoms with Gasteiger partial charge in [0.1, 0.15) is 0 Å². The second kappa shape index (κ2) is 4.93. The van der Waals surface area contributed by atoms with Crippen molar-refractivity contribution in [2.45, 2.75) is 20.3 Å². The highest BCUT2D eigenvalue weighted by molar-refractivity contribution is 7.73. The average Bonchev–Trinajstić information content (AvgIpc) is 2.65. The summed E-state index contributed by atoms with van der Waals surface area (Å²) in [5, 5.41) is 2.07. The van der Waals surface area contributed by atoms with Gasteiger partial charge in [-0.15, -0.1) is 11.3 Å². The number of benzene rings is 1. The number of aromatic nitrogens is 1. The Labute approximate surface area is 105 Å². The molecule has 0 aliphatic carbocycles. The molecule has 0 radical (unpaired) electrons. The van der Waals surface area contributed by atoms with E-state index in [1.165, 1.54) is 11.1 Å². The average molecular weight is 249 g/mol. The first-order valence-electron chi connectivity index (χ1n) is 5.42. The first-order valence-corrected chi connectivity index (χ1v) is 6.71. The topological polar surface area (TPSA) is 15.8 Å². The molecule has 0 aliphatic rings. The Balaban J connectivity index is 2.22. The van der Waals surface area contributed by atoms with E-state index in [9.17, 15) is 0 Å². The molecule has 0 unspecified atom stereocenters. The lowest BCUT2D eigenvalue weighted by atomic mass is 10.0. The number of rotatable bonds is 3. The maximum atomic E-state index is 5.08. The first-order chi connectivity index (χ1) is 7.65. The summed E-state index contributed by atoms with van der Waals surface area (Å²) in [6.07, 6.45) is 1.14. The van der Waals surface area contributed by atoms with Crippen LogP contribution in [0.15, 0.2) is 29.6 Å². The molecule has 3 heteroatoms. The number of hydrogen-bond acceptors (Lipinski definition) is 2. The predicted molar refractivity (Wildman–Crippen MR) is 73.5 cm³/mol. The van der Waals surface area contributed by atoms with Gasteiger partial charge in [-0.2, -0.15) is 0 Å². The molecule has 0 amide bonds. The van der Waals surface area contributed by atoms with Crippen LogP contribution in [0.1, 0.15) is 19.4 Å². The molecule has 16 heavy (non-hydrogen) atoms. The lowest BCUT2D eigenvalue weighted by Crippen LogP contribution is -1.93. The predicted octanol–water partition coefficient (Wildman–Crippen LogP) is 4.67. The minimum absolute atomic E-state index is 0.706. The van der Waals surface area contributed by atoms with Gasteiger partial charge in [0.05, 0.1) is 5.69 Å². The Morgan fingerprint density at radius 2 is 1.94 bits per heavy atom. The summed E-state index contributed by atoms with van der Waals surface area (Å²) in [6, 6.07) is 8.71. The second-order valence-corrected chi connectivity index (χ2v) is 5.90. The molecule has 1 heterocycles. The molecule has 0 spiro atoms. The second-order valence-electron chi connectivity index (χ2n) is 4.36. The quantitative estimate of drug-likeness (QED) is 0.781. The standard InChI is InChI=1S/C13H15NS2/c1-9(2)7-10-3-5-11(6-4-10)12-8-16-13(15)14-12/h3-6,8-9H,7H2,1-2H3,(H,14,15). The van der Waals surface area contributed by atoms with Crippen LogP contribution in [0.3, 0.4) is 0 Å². The van der Waals surface area contributed by atoms with E-state index in [1.807, 2.05) is 0 Å². The monoisotopic (exact) mass is 249 g/mol. The van der Waals surface area contributed by atoms with Crippen molar-refractivity contribution < 1.29 is 0 Å². The smallest absolute Gasteiger partial charge is 0.158 e. The Bertz CT molecular complexity index is 505. The minimum atomic E-state index is 0.706. The van der Waals surface area contributed by atoms with Crippen molar-refractivity contribution in [2.24, 2.45) is 5.92 Å². The van der Waals surface area contributed by atoms with Crippen LogP contribution in [0.4, 0.5) is 0 Å². The summed E-state index contributed by atoms with van der Waals surface area (Å²) in [5.74, 6) is 0.706. The molecule has 0 bridgehead atoms. The minimum Gasteiger partial charge on any atom is -0.337 e. The molecular weight excluding hydrogens is 234 g/mol. The Morgan fingerprint density at radius 3 is 2.44 bits per heavy atom. The number of hydrogen-bond donors (Lipinski definition) is 1. The van der Waals surface area contributed by atoms with Crippen LogP contribution in [0.25, 0.3) is 11.3 Å². The summed E-state index contributed by atoms with van der Waals surface area (Å²) in [4.78, 5) is 3.19. The summed E-state index contributed by atoms with van der Waals surface area (Å²) in [6.45, 7) is 4.48. The van der Waals surface area contributed by atoms with E-state index in [0.717, 1.165) is 16.1 Å². The van der Waals surface area contributed by atoms with Gasteiger partial charge in [0.15, 0.2) is 3.95 Å². The van der Waals surface area contributed by atoms with Crippen molar-refractivity contribution in [1.82, 2.24) is 4.98 Å². The summed E-state index contributed by atoms with van der Waals surface area (Å²) < 4.78 is 0.834. The van der Waals surface area contributed by atoms with E-state index in [2.05, 4.69) is 48.5 Å². The fourth-order valence-corrected chi connectivity index (χ4v) is 2.56. The molecule has 0 saturated carbocycles. The molecule has 0 saturated heterocycles. The van der Waals surface area contributed by atoms with E-state index < -0.39 is 0 Å². The Morgan fingerprint density at radius 1 is 1.25 bits per heavy atom. The third-order valence-corrected chi connectivity index (χ3v) is 3.49. The number of nitrogens with one attached hydrogen (secondary N) is 1. The van der Waals surface area contributed by atoms with Crippen LogP contribution < -0.4 is 0 Å². The molecule has 0 aliphatic heterocycles. The molecule has 2 aromatic rings. The van der Waals surface area contributed by atoms with E-state index in [4.69, 9.17) is 12.2 Å². The van der Waals surface area contributed by atoms with Gasteiger partial charge in [0.2, 0.25) is 0 Å². The highest BCUT2D eigenvalue weighted by Crippen LogP contribution is 2.21. The fraction of sp³-hybridized carbons (Fsp3) is 0.308. The van der Waals surface area contributed by atoms with Crippen LogP contribution >= 0.6 is 23.6 Å². The van der Waals surface area contributed by atoms with Gasteiger partial charge in [-0.3, -0.25) is 0 Å². The van der Waals surface area contributed by atoms with Gasteiger partial charge in [-0.1, -0.05) is 38.1 Å². The number of aromatic amines is 1. The van der Waals surface area contributed by atoms with Gasteiger partial charge in [-0.25, -0.2) is 0 Å². The Kier molecular flexibility index (Phi) is 3.56. The highest BCUT2D eigenvalue weighted by atomic mass is 32.1. The molecule has 1 N–H and O–H groups in total. The normalized spacial score (nSPS) is 10.9. The van der Waals surface area contributed by atoms with Crippen molar-refractivity contribution in [2.75, 3.05) is 0 Å². The van der Waals surface area contributed by atoms with Crippen molar-refractivity contribution in [3.8, 4) is 11.3 Å². The third kappa shape index (κ3) is 2.80. The van der Waals surface area contributed by atoms with Gasteiger partial charge >= 0.3 is 0 Å². The fourth-order valence-electron chi connectivity index (χ4n) is 1.71.